The number of nitrogens with zero attached hydrogens (tertiary/aromatic N) is 4. The predicted molar refractivity (Wildman–Crippen MR) is 84.4 cm³/mol. The fourth-order valence-corrected chi connectivity index (χ4v) is 2.91. The molecule has 6 heteroatoms. The normalized spacial score (nSPS) is 10.6. The van der Waals surface area contributed by atoms with Gasteiger partial charge in [0.15, 0.2) is 5.16 Å². The van der Waals surface area contributed by atoms with Crippen molar-refractivity contribution < 1.29 is 4.79 Å². The van der Waals surface area contributed by atoms with Gasteiger partial charge in [0.2, 0.25) is 5.91 Å². The first kappa shape index (κ1) is 15.6. The van der Waals surface area contributed by atoms with Gasteiger partial charge in [0.1, 0.15) is 5.82 Å². The van der Waals surface area contributed by atoms with Crippen LogP contribution in [0.5, 0.6) is 0 Å². The van der Waals surface area contributed by atoms with Crippen molar-refractivity contribution in [3.05, 3.63) is 41.7 Å². The van der Waals surface area contributed by atoms with E-state index in [4.69, 9.17) is 0 Å². The number of thioether (sulfide) groups is 1. The van der Waals surface area contributed by atoms with Crippen molar-refractivity contribution in [1.29, 1.82) is 0 Å². The third kappa shape index (κ3) is 4.07. The van der Waals surface area contributed by atoms with Gasteiger partial charge in [0.05, 0.1) is 5.75 Å². The molecular weight excluding hydrogens is 284 g/mol. The smallest absolute Gasteiger partial charge is 0.232 e. The molecule has 1 aromatic carbocycles. The largest absolute Gasteiger partial charge is 0.348 e. The zero-order valence-corrected chi connectivity index (χ0v) is 13.4. The molecule has 0 aliphatic heterocycles. The number of carbonyl (C=O) groups excluding carboxylic acids is 1. The van der Waals surface area contributed by atoms with Gasteiger partial charge < -0.3 is 9.47 Å². The minimum Gasteiger partial charge on any atom is -0.348 e. The van der Waals surface area contributed by atoms with Crippen molar-refractivity contribution in [1.82, 2.24) is 19.7 Å². The summed E-state index contributed by atoms with van der Waals surface area (Å²) in [6, 6.07) is 10.2. The van der Waals surface area contributed by atoms with Crippen molar-refractivity contribution in [3.8, 4) is 0 Å². The lowest BCUT2D eigenvalue weighted by atomic mass is 10.1. The molecular formula is C15H20N4OS. The maximum atomic E-state index is 11.7. The van der Waals surface area contributed by atoms with Gasteiger partial charge in [-0.2, -0.15) is 0 Å². The third-order valence-corrected chi connectivity index (χ3v) is 4.09. The summed E-state index contributed by atoms with van der Waals surface area (Å²) in [6.07, 6.45) is 0.754. The second kappa shape index (κ2) is 7.26. The Morgan fingerprint density at radius 3 is 2.57 bits per heavy atom. The average Bonchev–Trinajstić information content (AvgIpc) is 2.87. The molecule has 0 spiro atoms. The van der Waals surface area contributed by atoms with Crippen molar-refractivity contribution >= 4 is 17.7 Å². The molecule has 0 aliphatic carbocycles. The number of benzene rings is 1. The first-order chi connectivity index (χ1) is 10.1. The van der Waals surface area contributed by atoms with Crippen LogP contribution >= 0.6 is 11.8 Å². The molecule has 1 heterocycles. The number of hydrogen-bond donors (Lipinski definition) is 0. The first-order valence-electron chi connectivity index (χ1n) is 6.90. The number of carbonyl (C=O) groups is 1. The van der Waals surface area contributed by atoms with Crippen LogP contribution in [0.3, 0.4) is 0 Å². The molecule has 5 nitrogen and oxygen atoms in total. The number of rotatable bonds is 6. The fraction of sp³-hybridized carbons (Fsp3) is 0.400. The van der Waals surface area contributed by atoms with Crippen LogP contribution in [0.15, 0.2) is 35.5 Å². The molecule has 0 unspecified atom stereocenters. The van der Waals surface area contributed by atoms with Gasteiger partial charge in [-0.1, -0.05) is 42.1 Å². The highest BCUT2D eigenvalue weighted by molar-refractivity contribution is 7.99. The summed E-state index contributed by atoms with van der Waals surface area (Å²) in [5, 5.41) is 9.30. The van der Waals surface area contributed by atoms with E-state index in [-0.39, 0.29) is 5.91 Å². The third-order valence-electron chi connectivity index (χ3n) is 3.14. The van der Waals surface area contributed by atoms with E-state index in [1.54, 1.807) is 19.0 Å². The van der Waals surface area contributed by atoms with E-state index in [9.17, 15) is 4.79 Å². The van der Waals surface area contributed by atoms with Crippen LogP contribution in [0, 0.1) is 0 Å². The maximum absolute atomic E-state index is 11.7. The molecule has 1 aromatic heterocycles. The van der Waals surface area contributed by atoms with Crippen LogP contribution in [0.2, 0.25) is 0 Å². The van der Waals surface area contributed by atoms with Crippen LogP contribution < -0.4 is 0 Å². The summed E-state index contributed by atoms with van der Waals surface area (Å²) in [6.45, 7) is 2.86. The maximum Gasteiger partial charge on any atom is 0.232 e. The molecule has 21 heavy (non-hydrogen) atoms. The van der Waals surface area contributed by atoms with Crippen LogP contribution in [0.1, 0.15) is 18.3 Å². The molecule has 0 saturated heterocycles. The summed E-state index contributed by atoms with van der Waals surface area (Å²) >= 11 is 1.44. The van der Waals surface area contributed by atoms with Gasteiger partial charge in [-0.25, -0.2) is 0 Å². The Hall–Kier alpha value is -1.82. The lowest BCUT2D eigenvalue weighted by Crippen LogP contribution is -2.23. The highest BCUT2D eigenvalue weighted by Crippen LogP contribution is 2.19. The van der Waals surface area contributed by atoms with Crippen LogP contribution in [0.25, 0.3) is 0 Å². The average molecular weight is 304 g/mol. The molecule has 1 amide bonds. The zero-order chi connectivity index (χ0) is 15.2. The second-order valence-electron chi connectivity index (χ2n) is 4.88. The molecule has 0 fully saturated rings. The summed E-state index contributed by atoms with van der Waals surface area (Å²) in [5.41, 5.74) is 1.21. The Bertz CT molecular complexity index is 595. The molecule has 112 valence electrons. The Kier molecular flexibility index (Phi) is 5.38. The Morgan fingerprint density at radius 2 is 1.95 bits per heavy atom. The molecule has 2 rings (SSSR count). The number of hydrogen-bond acceptors (Lipinski definition) is 4. The van der Waals surface area contributed by atoms with Gasteiger partial charge in [-0.3, -0.25) is 4.79 Å². The van der Waals surface area contributed by atoms with Gasteiger partial charge in [0.25, 0.3) is 0 Å². The number of amides is 1. The summed E-state index contributed by atoms with van der Waals surface area (Å²) < 4.78 is 2.07. The Balaban J connectivity index is 2.09. The van der Waals surface area contributed by atoms with Gasteiger partial charge in [-0.15, -0.1) is 10.2 Å². The van der Waals surface area contributed by atoms with Gasteiger partial charge >= 0.3 is 0 Å². The van der Waals surface area contributed by atoms with E-state index in [2.05, 4.69) is 33.8 Å². The first-order valence-corrected chi connectivity index (χ1v) is 7.89. The van der Waals surface area contributed by atoms with Crippen molar-refractivity contribution in [2.24, 2.45) is 0 Å². The van der Waals surface area contributed by atoms with Crippen LogP contribution in [-0.4, -0.2) is 45.4 Å². The van der Waals surface area contributed by atoms with E-state index in [0.717, 1.165) is 23.9 Å². The molecule has 0 aliphatic rings. The topological polar surface area (TPSA) is 51.0 Å². The van der Waals surface area contributed by atoms with E-state index >= 15 is 0 Å². The van der Waals surface area contributed by atoms with E-state index in [1.807, 2.05) is 18.2 Å². The van der Waals surface area contributed by atoms with Crippen LogP contribution in [-0.2, 0) is 17.8 Å². The van der Waals surface area contributed by atoms with E-state index < -0.39 is 0 Å². The van der Waals surface area contributed by atoms with E-state index in [0.29, 0.717) is 5.75 Å². The molecule has 0 atom stereocenters. The Morgan fingerprint density at radius 1 is 1.24 bits per heavy atom. The predicted octanol–water partition coefficient (Wildman–Crippen LogP) is 2.07. The van der Waals surface area contributed by atoms with Crippen molar-refractivity contribution in [2.75, 3.05) is 19.8 Å². The van der Waals surface area contributed by atoms with Crippen molar-refractivity contribution in [2.45, 2.75) is 25.0 Å². The monoisotopic (exact) mass is 304 g/mol. The lowest BCUT2D eigenvalue weighted by Gasteiger charge is -2.10. The zero-order valence-electron chi connectivity index (χ0n) is 12.6. The minimum atomic E-state index is 0.0789. The van der Waals surface area contributed by atoms with Crippen LogP contribution in [0.4, 0.5) is 0 Å². The van der Waals surface area contributed by atoms with E-state index in [1.165, 1.54) is 17.3 Å². The van der Waals surface area contributed by atoms with Gasteiger partial charge in [0, 0.05) is 27.1 Å². The fourth-order valence-electron chi connectivity index (χ4n) is 1.91. The quantitative estimate of drug-likeness (QED) is 0.767. The lowest BCUT2D eigenvalue weighted by molar-refractivity contribution is -0.125. The molecule has 0 radical (unpaired) electrons. The number of aromatic nitrogens is 3. The summed E-state index contributed by atoms with van der Waals surface area (Å²) in [7, 11) is 3.52. The highest BCUT2D eigenvalue weighted by Gasteiger charge is 2.14. The standard InChI is InChI=1S/C15H20N4OS/c1-4-19-13(10-12-8-6-5-7-9-12)16-17-15(19)21-11-14(20)18(2)3/h5-9H,4,10-11H2,1-3H3. The summed E-state index contributed by atoms with van der Waals surface area (Å²) in [4.78, 5) is 13.2. The summed E-state index contributed by atoms with van der Waals surface area (Å²) in [5.74, 6) is 1.40. The molecule has 2 aromatic rings. The Labute approximate surface area is 129 Å². The SMILES string of the molecule is CCn1c(Cc2ccccc2)nnc1SCC(=O)N(C)C. The molecule has 0 saturated carbocycles. The minimum absolute atomic E-state index is 0.0789. The highest BCUT2D eigenvalue weighted by atomic mass is 32.2. The molecule has 0 bridgehead atoms. The van der Waals surface area contributed by atoms with Gasteiger partial charge in [-0.05, 0) is 12.5 Å². The second-order valence-corrected chi connectivity index (χ2v) is 5.82. The van der Waals surface area contributed by atoms with Crippen molar-refractivity contribution in [3.63, 3.8) is 0 Å². The molecule has 0 N–H and O–H groups in total.